The molecule has 32 heavy (non-hydrogen) atoms. The molecule has 3 aliphatic carbocycles. The number of hydrogen-bond donors (Lipinski definition) is 1. The second kappa shape index (κ2) is 8.23. The normalized spacial score (nSPS) is 20.8. The SMILES string of the molecule is Cc1nn(CC(C)C)c(C)c1CC(=O)NCC1CC2c3ccccc3C1c1ccccc12. The van der Waals surface area contributed by atoms with Crippen LogP contribution in [0, 0.1) is 25.7 Å². The van der Waals surface area contributed by atoms with Gasteiger partial charge in [-0.05, 0) is 54.4 Å². The molecule has 1 amide bonds. The number of aromatic nitrogens is 2. The van der Waals surface area contributed by atoms with Crippen LogP contribution in [-0.2, 0) is 17.8 Å². The summed E-state index contributed by atoms with van der Waals surface area (Å²) in [6.07, 6.45) is 1.51. The van der Waals surface area contributed by atoms with E-state index in [1.807, 2.05) is 6.92 Å². The topological polar surface area (TPSA) is 46.9 Å². The van der Waals surface area contributed by atoms with E-state index >= 15 is 0 Å². The number of carbonyl (C=O) groups is 1. The summed E-state index contributed by atoms with van der Waals surface area (Å²) in [6.45, 7) is 10.1. The van der Waals surface area contributed by atoms with Gasteiger partial charge < -0.3 is 5.32 Å². The van der Waals surface area contributed by atoms with Crippen LogP contribution in [-0.4, -0.2) is 22.2 Å². The molecule has 0 saturated carbocycles. The van der Waals surface area contributed by atoms with E-state index < -0.39 is 0 Å². The first-order valence-corrected chi connectivity index (χ1v) is 11.9. The van der Waals surface area contributed by atoms with Crippen molar-refractivity contribution in [2.75, 3.05) is 6.54 Å². The number of aryl methyl sites for hydroxylation is 1. The van der Waals surface area contributed by atoms with Gasteiger partial charge >= 0.3 is 0 Å². The predicted octanol–water partition coefficient (Wildman–Crippen LogP) is 5.11. The molecule has 3 aliphatic rings. The summed E-state index contributed by atoms with van der Waals surface area (Å²) < 4.78 is 2.05. The van der Waals surface area contributed by atoms with E-state index in [4.69, 9.17) is 0 Å². The quantitative estimate of drug-likeness (QED) is 0.594. The van der Waals surface area contributed by atoms with E-state index in [9.17, 15) is 4.79 Å². The summed E-state index contributed by atoms with van der Waals surface area (Å²) in [5.74, 6) is 1.86. The number of amides is 1. The Hall–Kier alpha value is -2.88. The van der Waals surface area contributed by atoms with Crippen molar-refractivity contribution in [1.82, 2.24) is 15.1 Å². The van der Waals surface area contributed by atoms with Gasteiger partial charge in [0.1, 0.15) is 0 Å². The molecule has 1 heterocycles. The highest BCUT2D eigenvalue weighted by atomic mass is 16.1. The van der Waals surface area contributed by atoms with Gasteiger partial charge in [0.25, 0.3) is 0 Å². The first-order valence-electron chi connectivity index (χ1n) is 11.9. The van der Waals surface area contributed by atoms with Crippen molar-refractivity contribution in [2.24, 2.45) is 11.8 Å². The Kier molecular flexibility index (Phi) is 5.40. The van der Waals surface area contributed by atoms with Gasteiger partial charge in [-0.25, -0.2) is 0 Å². The number of nitrogens with one attached hydrogen (secondary N) is 1. The van der Waals surface area contributed by atoms with Crippen LogP contribution in [0.3, 0.4) is 0 Å². The Balaban J connectivity index is 1.31. The van der Waals surface area contributed by atoms with E-state index in [0.717, 1.165) is 36.5 Å². The van der Waals surface area contributed by atoms with Gasteiger partial charge in [-0.2, -0.15) is 5.10 Å². The van der Waals surface area contributed by atoms with E-state index in [1.165, 1.54) is 22.3 Å². The zero-order chi connectivity index (χ0) is 22.4. The highest BCUT2D eigenvalue weighted by Crippen LogP contribution is 2.55. The van der Waals surface area contributed by atoms with Crippen LogP contribution >= 0.6 is 0 Å². The van der Waals surface area contributed by atoms with Crippen molar-refractivity contribution in [1.29, 1.82) is 0 Å². The van der Waals surface area contributed by atoms with Crippen LogP contribution in [0.1, 0.15) is 71.3 Å². The van der Waals surface area contributed by atoms with Crippen LogP contribution in [0.25, 0.3) is 0 Å². The Morgan fingerprint density at radius 3 is 2.22 bits per heavy atom. The van der Waals surface area contributed by atoms with E-state index in [-0.39, 0.29) is 5.91 Å². The summed E-state index contributed by atoms with van der Waals surface area (Å²) in [5.41, 5.74) is 9.00. The van der Waals surface area contributed by atoms with Crippen molar-refractivity contribution < 1.29 is 4.79 Å². The molecule has 0 saturated heterocycles. The largest absolute Gasteiger partial charge is 0.356 e. The fourth-order valence-corrected chi connectivity index (χ4v) is 5.94. The van der Waals surface area contributed by atoms with Crippen LogP contribution in [0.2, 0.25) is 0 Å². The van der Waals surface area contributed by atoms with Gasteiger partial charge in [0.2, 0.25) is 5.91 Å². The van der Waals surface area contributed by atoms with Gasteiger partial charge in [-0.15, -0.1) is 0 Å². The molecular weight excluding hydrogens is 394 g/mol. The van der Waals surface area contributed by atoms with Crippen molar-refractivity contribution in [3.63, 3.8) is 0 Å². The van der Waals surface area contributed by atoms with E-state index in [2.05, 4.69) is 84.4 Å². The standard InChI is InChI=1S/C28H33N3O/c1-17(2)16-31-19(4)25(18(3)30-31)14-27(32)29-15-20-13-26-21-9-5-7-11-23(21)28(20)24-12-8-6-10-22(24)26/h5-12,17,20,26,28H,13-16H2,1-4H3,(H,29,32). The first-order chi connectivity index (χ1) is 15.4. The molecule has 0 spiro atoms. The number of fused-ring (bicyclic) bond motifs is 1. The van der Waals surface area contributed by atoms with Gasteiger partial charge in [-0.1, -0.05) is 62.4 Å². The lowest BCUT2D eigenvalue weighted by Crippen LogP contribution is -2.39. The Morgan fingerprint density at radius 2 is 1.62 bits per heavy atom. The molecule has 3 aromatic rings. The van der Waals surface area contributed by atoms with Crippen molar-refractivity contribution in [3.05, 3.63) is 87.7 Å². The van der Waals surface area contributed by atoms with Gasteiger partial charge in [0.15, 0.2) is 0 Å². The lowest BCUT2D eigenvalue weighted by atomic mass is 9.59. The number of carbonyl (C=O) groups excluding carboxylic acids is 1. The van der Waals surface area contributed by atoms with E-state index in [1.54, 1.807) is 0 Å². The number of nitrogens with zero attached hydrogens (tertiary/aromatic N) is 2. The maximum Gasteiger partial charge on any atom is 0.224 e. The smallest absolute Gasteiger partial charge is 0.224 e. The predicted molar refractivity (Wildman–Crippen MR) is 128 cm³/mol. The number of benzene rings is 2. The second-order valence-corrected chi connectivity index (χ2v) is 9.99. The molecular formula is C28H33N3O. The molecule has 4 heteroatoms. The van der Waals surface area contributed by atoms with Crippen LogP contribution in [0.4, 0.5) is 0 Å². The molecule has 2 bridgehead atoms. The molecule has 1 atom stereocenters. The summed E-state index contributed by atoms with van der Waals surface area (Å²) in [6, 6.07) is 17.8. The Labute approximate surface area is 191 Å². The average Bonchev–Trinajstić information content (AvgIpc) is 3.04. The molecule has 166 valence electrons. The zero-order valence-corrected chi connectivity index (χ0v) is 19.6. The molecule has 1 unspecified atom stereocenters. The maximum atomic E-state index is 12.9. The highest BCUT2D eigenvalue weighted by Gasteiger charge is 2.42. The summed E-state index contributed by atoms with van der Waals surface area (Å²) in [7, 11) is 0. The highest BCUT2D eigenvalue weighted by molar-refractivity contribution is 5.79. The molecule has 0 fully saturated rings. The van der Waals surface area contributed by atoms with Crippen LogP contribution in [0.15, 0.2) is 48.5 Å². The van der Waals surface area contributed by atoms with E-state index in [0.29, 0.717) is 30.1 Å². The van der Waals surface area contributed by atoms with Crippen molar-refractivity contribution in [3.8, 4) is 0 Å². The second-order valence-electron chi connectivity index (χ2n) is 9.99. The Morgan fingerprint density at radius 1 is 1.03 bits per heavy atom. The number of hydrogen-bond acceptors (Lipinski definition) is 2. The van der Waals surface area contributed by atoms with Crippen LogP contribution < -0.4 is 5.32 Å². The van der Waals surface area contributed by atoms with Gasteiger partial charge in [0.05, 0.1) is 12.1 Å². The monoisotopic (exact) mass is 427 g/mol. The minimum Gasteiger partial charge on any atom is -0.356 e. The molecule has 6 rings (SSSR count). The third kappa shape index (κ3) is 3.56. The van der Waals surface area contributed by atoms with Gasteiger partial charge in [0, 0.05) is 36.2 Å². The lowest BCUT2D eigenvalue weighted by Gasteiger charge is -2.45. The van der Waals surface area contributed by atoms with Gasteiger partial charge in [-0.3, -0.25) is 9.48 Å². The lowest BCUT2D eigenvalue weighted by molar-refractivity contribution is -0.120. The fraction of sp³-hybridized carbons (Fsp3) is 0.429. The zero-order valence-electron chi connectivity index (χ0n) is 19.6. The Bertz CT molecular complexity index is 1110. The molecule has 0 radical (unpaired) electrons. The fourth-order valence-electron chi connectivity index (χ4n) is 5.94. The third-order valence-electron chi connectivity index (χ3n) is 7.39. The molecule has 1 aromatic heterocycles. The minimum absolute atomic E-state index is 0.100. The molecule has 1 N–H and O–H groups in total. The minimum atomic E-state index is 0.100. The summed E-state index contributed by atoms with van der Waals surface area (Å²) >= 11 is 0. The maximum absolute atomic E-state index is 12.9. The summed E-state index contributed by atoms with van der Waals surface area (Å²) in [5, 5.41) is 7.95. The van der Waals surface area contributed by atoms with Crippen molar-refractivity contribution in [2.45, 2.75) is 58.9 Å². The average molecular weight is 428 g/mol. The third-order valence-corrected chi connectivity index (χ3v) is 7.39. The number of rotatable bonds is 6. The van der Waals surface area contributed by atoms with Crippen LogP contribution in [0.5, 0.6) is 0 Å². The molecule has 0 aliphatic heterocycles. The molecule has 4 nitrogen and oxygen atoms in total. The molecule has 2 aromatic carbocycles. The summed E-state index contributed by atoms with van der Waals surface area (Å²) in [4.78, 5) is 12.9. The first kappa shape index (κ1) is 21.0. The van der Waals surface area contributed by atoms with Crippen molar-refractivity contribution >= 4 is 5.91 Å².